The highest BCUT2D eigenvalue weighted by atomic mass is 32.2. The third kappa shape index (κ3) is 3.86. The molecule has 3 N–H and O–H groups in total. The summed E-state index contributed by atoms with van der Waals surface area (Å²) in [5.74, 6) is -0.639. The smallest absolute Gasteiger partial charge is 0.272 e. The van der Waals surface area contributed by atoms with Gasteiger partial charge < -0.3 is 5.32 Å². The number of sulfonamides is 1. The largest absolute Gasteiger partial charge is 0.344 e. The van der Waals surface area contributed by atoms with Crippen LogP contribution in [0, 0.1) is 5.82 Å². The Labute approximate surface area is 173 Å². The predicted molar refractivity (Wildman–Crippen MR) is 109 cm³/mol. The van der Waals surface area contributed by atoms with E-state index in [1.54, 1.807) is 35.9 Å². The highest BCUT2D eigenvalue weighted by Crippen LogP contribution is 2.28. The molecule has 30 heavy (non-hydrogen) atoms. The van der Waals surface area contributed by atoms with Crippen LogP contribution in [0.4, 0.5) is 4.39 Å². The number of amides is 1. The number of carbonyl (C=O) groups excluding carboxylic acids is 1. The minimum Gasteiger partial charge on any atom is -0.344 e. The molecule has 0 fully saturated rings. The Morgan fingerprint density at radius 2 is 1.80 bits per heavy atom. The molecule has 0 bridgehead atoms. The number of carbonyl (C=O) groups is 1. The van der Waals surface area contributed by atoms with Crippen molar-refractivity contribution in [3.63, 3.8) is 0 Å². The number of rotatable bonds is 5. The summed E-state index contributed by atoms with van der Waals surface area (Å²) in [5, 5.41) is 12.6. The number of fused-ring (bicyclic) bond motifs is 1. The van der Waals surface area contributed by atoms with Crippen LogP contribution in [0.15, 0.2) is 53.4 Å². The lowest BCUT2D eigenvalue weighted by Crippen LogP contribution is -2.28. The summed E-state index contributed by atoms with van der Waals surface area (Å²) in [7, 11) is -3.77. The van der Waals surface area contributed by atoms with Gasteiger partial charge in [0.05, 0.1) is 16.6 Å². The minimum absolute atomic E-state index is 0.0145. The van der Waals surface area contributed by atoms with Crippen LogP contribution in [0.5, 0.6) is 0 Å². The van der Waals surface area contributed by atoms with Gasteiger partial charge in [-0.2, -0.15) is 5.10 Å². The van der Waals surface area contributed by atoms with Gasteiger partial charge in [-0.15, -0.1) is 0 Å². The Balaban J connectivity index is 1.58. The average Bonchev–Trinajstić information content (AvgIpc) is 3.31. The second-order valence-electron chi connectivity index (χ2n) is 7.32. The van der Waals surface area contributed by atoms with E-state index in [1.165, 1.54) is 24.3 Å². The van der Waals surface area contributed by atoms with Crippen molar-refractivity contribution in [2.24, 2.45) is 5.14 Å². The van der Waals surface area contributed by atoms with Crippen LogP contribution in [0.1, 0.15) is 46.7 Å². The van der Waals surface area contributed by atoms with Gasteiger partial charge in [0.1, 0.15) is 5.82 Å². The number of hydrogen-bond acceptors (Lipinski definition) is 4. The number of benzene rings is 2. The topological polar surface area (TPSA) is 107 Å². The maximum Gasteiger partial charge on any atom is 0.272 e. The molecule has 7 nitrogen and oxygen atoms in total. The Hall–Kier alpha value is -3.04. The third-order valence-corrected chi connectivity index (χ3v) is 6.20. The molecule has 4 rings (SSSR count). The van der Waals surface area contributed by atoms with Crippen molar-refractivity contribution < 1.29 is 17.6 Å². The van der Waals surface area contributed by atoms with E-state index in [2.05, 4.69) is 10.4 Å². The fourth-order valence-corrected chi connectivity index (χ4v) is 4.23. The van der Waals surface area contributed by atoms with E-state index >= 15 is 0 Å². The number of nitrogens with two attached hydrogens (primary N) is 1. The van der Waals surface area contributed by atoms with Crippen molar-refractivity contribution in [1.29, 1.82) is 0 Å². The molecular weight excluding hydrogens is 407 g/mol. The number of hydrogen-bond donors (Lipinski definition) is 2. The molecule has 1 aliphatic carbocycles. The van der Waals surface area contributed by atoms with Gasteiger partial charge in [0, 0.05) is 11.3 Å². The number of aromatic nitrogens is 2. The highest BCUT2D eigenvalue weighted by Gasteiger charge is 2.27. The molecule has 1 aliphatic rings. The van der Waals surface area contributed by atoms with Crippen molar-refractivity contribution in [3.8, 4) is 5.69 Å². The quantitative estimate of drug-likeness (QED) is 0.651. The van der Waals surface area contributed by atoms with Crippen molar-refractivity contribution in [2.45, 2.75) is 37.1 Å². The zero-order valence-electron chi connectivity index (χ0n) is 16.3. The molecule has 2 aromatic carbocycles. The first-order valence-corrected chi connectivity index (χ1v) is 11.1. The van der Waals surface area contributed by atoms with Crippen LogP contribution in [-0.4, -0.2) is 24.1 Å². The monoisotopic (exact) mass is 428 g/mol. The molecule has 0 spiro atoms. The first-order valence-electron chi connectivity index (χ1n) is 9.54. The molecule has 1 unspecified atom stereocenters. The third-order valence-electron chi connectivity index (χ3n) is 5.27. The molecule has 1 atom stereocenters. The van der Waals surface area contributed by atoms with E-state index < -0.39 is 10.0 Å². The molecule has 156 valence electrons. The second kappa shape index (κ2) is 7.66. The first kappa shape index (κ1) is 20.2. The van der Waals surface area contributed by atoms with Crippen molar-refractivity contribution in [2.75, 3.05) is 0 Å². The Morgan fingerprint density at radius 1 is 1.13 bits per heavy atom. The number of nitrogens with one attached hydrogen (secondary N) is 1. The van der Waals surface area contributed by atoms with Gasteiger partial charge in [-0.25, -0.2) is 22.6 Å². The highest BCUT2D eigenvalue weighted by molar-refractivity contribution is 7.89. The number of halogens is 1. The summed E-state index contributed by atoms with van der Waals surface area (Å²) in [4.78, 5) is 13.0. The molecule has 0 saturated heterocycles. The van der Waals surface area contributed by atoms with Gasteiger partial charge in [0.25, 0.3) is 5.91 Å². The first-order chi connectivity index (χ1) is 14.2. The SMILES string of the molecule is CC(NC(=O)c1nn(-c2ccc(F)cc2)c2c1CCC2)c1ccc(S(N)(=O)=O)cc1. The molecular formula is C21H21FN4O3S. The Bertz CT molecular complexity index is 1200. The van der Waals surface area contributed by atoms with Gasteiger partial charge in [-0.3, -0.25) is 4.79 Å². The summed E-state index contributed by atoms with van der Waals surface area (Å²) in [6.07, 6.45) is 2.49. The van der Waals surface area contributed by atoms with E-state index in [0.717, 1.165) is 36.1 Å². The van der Waals surface area contributed by atoms with Gasteiger partial charge in [-0.05, 0) is 68.1 Å². The fraction of sp³-hybridized carbons (Fsp3) is 0.238. The fourth-order valence-electron chi connectivity index (χ4n) is 3.71. The van der Waals surface area contributed by atoms with Gasteiger partial charge >= 0.3 is 0 Å². The maximum absolute atomic E-state index is 13.3. The van der Waals surface area contributed by atoms with Gasteiger partial charge in [0.2, 0.25) is 10.0 Å². The summed E-state index contributed by atoms with van der Waals surface area (Å²) in [6.45, 7) is 1.81. The Kier molecular flexibility index (Phi) is 5.17. The molecule has 0 radical (unpaired) electrons. The molecule has 3 aromatic rings. The lowest BCUT2D eigenvalue weighted by molar-refractivity contribution is 0.0933. The zero-order chi connectivity index (χ0) is 21.5. The van der Waals surface area contributed by atoms with Crippen molar-refractivity contribution in [1.82, 2.24) is 15.1 Å². The standard InChI is InChI=1S/C21H21FN4O3S/c1-13(14-5-11-17(12-6-14)30(23,28)29)24-21(27)20-18-3-2-4-19(18)26(25-20)16-9-7-15(22)8-10-16/h5-13H,2-4H2,1H3,(H,24,27)(H2,23,28,29). The normalized spacial score (nSPS) is 14.4. The Morgan fingerprint density at radius 3 is 2.43 bits per heavy atom. The van der Waals surface area contributed by atoms with Crippen LogP contribution in [0.2, 0.25) is 0 Å². The molecule has 1 amide bonds. The lowest BCUT2D eigenvalue weighted by atomic mass is 10.1. The zero-order valence-corrected chi connectivity index (χ0v) is 17.1. The predicted octanol–water partition coefficient (Wildman–Crippen LogP) is 2.64. The van der Waals surface area contributed by atoms with E-state index in [0.29, 0.717) is 11.4 Å². The molecule has 1 aromatic heterocycles. The number of primary sulfonamides is 1. The summed E-state index contributed by atoms with van der Waals surface area (Å²) >= 11 is 0. The van der Waals surface area contributed by atoms with Crippen LogP contribution < -0.4 is 10.5 Å². The van der Waals surface area contributed by atoms with Crippen LogP contribution in [0.25, 0.3) is 5.69 Å². The minimum atomic E-state index is -3.77. The van der Waals surface area contributed by atoms with E-state index in [9.17, 15) is 17.6 Å². The van der Waals surface area contributed by atoms with Gasteiger partial charge in [0.15, 0.2) is 5.69 Å². The van der Waals surface area contributed by atoms with E-state index in [4.69, 9.17) is 5.14 Å². The maximum atomic E-state index is 13.3. The van der Waals surface area contributed by atoms with Crippen molar-refractivity contribution >= 4 is 15.9 Å². The summed E-state index contributed by atoms with van der Waals surface area (Å²) < 4.78 is 37.8. The van der Waals surface area contributed by atoms with E-state index in [-0.39, 0.29) is 22.7 Å². The van der Waals surface area contributed by atoms with E-state index in [1.807, 2.05) is 0 Å². The molecule has 1 heterocycles. The molecule has 0 aliphatic heterocycles. The van der Waals surface area contributed by atoms with Crippen LogP contribution >= 0.6 is 0 Å². The lowest BCUT2D eigenvalue weighted by Gasteiger charge is -2.14. The van der Waals surface area contributed by atoms with Crippen molar-refractivity contribution in [3.05, 3.63) is 76.9 Å². The second-order valence-corrected chi connectivity index (χ2v) is 8.89. The summed E-state index contributed by atoms with van der Waals surface area (Å²) in [6, 6.07) is 11.7. The molecule has 0 saturated carbocycles. The average molecular weight is 428 g/mol. The van der Waals surface area contributed by atoms with Crippen LogP contribution in [-0.2, 0) is 22.9 Å². The summed E-state index contributed by atoms with van der Waals surface area (Å²) in [5.41, 5.74) is 3.69. The van der Waals surface area contributed by atoms with Crippen LogP contribution in [0.3, 0.4) is 0 Å². The number of nitrogens with zero attached hydrogens (tertiary/aromatic N) is 2. The molecule has 9 heteroatoms. The van der Waals surface area contributed by atoms with Gasteiger partial charge in [-0.1, -0.05) is 12.1 Å².